The van der Waals surface area contributed by atoms with Crippen molar-refractivity contribution in [1.29, 1.82) is 0 Å². The van der Waals surface area contributed by atoms with Crippen LogP contribution in [0.4, 0.5) is 0 Å². The number of aromatic hydroxyl groups is 1. The lowest BCUT2D eigenvalue weighted by Gasteiger charge is -2.04. The number of hydrogen-bond donors (Lipinski definition) is 2. The van der Waals surface area contributed by atoms with Crippen molar-refractivity contribution in [2.24, 2.45) is 0 Å². The van der Waals surface area contributed by atoms with Gasteiger partial charge >= 0.3 is 0 Å². The summed E-state index contributed by atoms with van der Waals surface area (Å²) < 4.78 is 1.38. The van der Waals surface area contributed by atoms with Gasteiger partial charge in [-0.05, 0) is 37.7 Å². The highest BCUT2D eigenvalue weighted by Crippen LogP contribution is 2.23. The lowest BCUT2D eigenvalue weighted by Crippen LogP contribution is -2.17. The largest absolute Gasteiger partial charge is 0.507 e. The monoisotopic (exact) mass is 407 g/mol. The molecule has 0 aliphatic carbocycles. The second-order valence-electron chi connectivity index (χ2n) is 6.31. The molecular weight excluding hydrogens is 386 g/mol. The molecule has 0 bridgehead atoms. The van der Waals surface area contributed by atoms with E-state index in [1.807, 2.05) is 25.2 Å². The summed E-state index contributed by atoms with van der Waals surface area (Å²) >= 11 is 1.16. The van der Waals surface area contributed by atoms with Crippen molar-refractivity contribution < 1.29 is 9.90 Å². The fraction of sp³-hybridized carbons (Fsp3) is 0.136. The van der Waals surface area contributed by atoms with Crippen LogP contribution in [-0.2, 0) is 6.54 Å². The van der Waals surface area contributed by atoms with E-state index in [4.69, 9.17) is 0 Å². The molecule has 0 saturated heterocycles. The van der Waals surface area contributed by atoms with Crippen molar-refractivity contribution >= 4 is 28.4 Å². The molecule has 0 amide bonds. The van der Waals surface area contributed by atoms with E-state index in [2.05, 4.69) is 22.4 Å². The third kappa shape index (κ3) is 4.59. The third-order valence-electron chi connectivity index (χ3n) is 4.28. The molecule has 4 aromatic rings. The maximum Gasteiger partial charge on any atom is 0.264 e. The van der Waals surface area contributed by atoms with Crippen LogP contribution in [-0.4, -0.2) is 28.0 Å². The minimum absolute atomic E-state index is 0.0654. The zero-order valence-electron chi connectivity index (χ0n) is 16.1. The molecule has 2 N–H and O–H groups in total. The number of aromatic nitrogens is 2. The van der Waals surface area contributed by atoms with Crippen molar-refractivity contribution in [3.63, 3.8) is 0 Å². The minimum Gasteiger partial charge on any atom is -0.507 e. The summed E-state index contributed by atoms with van der Waals surface area (Å²) in [4.78, 5) is 28.0. The first-order valence-corrected chi connectivity index (χ1v) is 9.81. The number of hydrogen-bond acceptors (Lipinski definition) is 6. The van der Waals surface area contributed by atoms with E-state index in [-0.39, 0.29) is 11.3 Å². The molecule has 2 aromatic carbocycles. The van der Waals surface area contributed by atoms with Gasteiger partial charge in [0.15, 0.2) is 11.4 Å². The van der Waals surface area contributed by atoms with Crippen molar-refractivity contribution in [1.82, 2.24) is 14.9 Å². The zero-order chi connectivity index (χ0) is 20.8. The van der Waals surface area contributed by atoms with E-state index >= 15 is 0 Å². The summed E-state index contributed by atoms with van der Waals surface area (Å²) in [5.74, 6) is 0.0654. The molecule has 4 rings (SSSR count). The fourth-order valence-electron chi connectivity index (χ4n) is 2.82. The average Bonchev–Trinajstić information content (AvgIpc) is 3.11. The smallest absolute Gasteiger partial charge is 0.264 e. The Bertz CT molecular complexity index is 1180. The molecule has 2 heterocycles. The summed E-state index contributed by atoms with van der Waals surface area (Å²) in [6, 6.07) is 16.8. The zero-order valence-corrected chi connectivity index (χ0v) is 16.9. The van der Waals surface area contributed by atoms with Gasteiger partial charge in [-0.25, -0.2) is 4.98 Å². The number of nitrogens with zero attached hydrogens (tertiary/aromatic N) is 2. The number of carbonyl (C=O) groups excluding carboxylic acids is 1. The van der Waals surface area contributed by atoms with Gasteiger partial charge in [0.25, 0.3) is 5.56 Å². The first-order chi connectivity index (χ1) is 14.0. The van der Waals surface area contributed by atoms with Crippen LogP contribution < -0.4 is 10.9 Å². The second-order valence-corrected chi connectivity index (χ2v) is 7.32. The summed E-state index contributed by atoms with van der Waals surface area (Å²) in [5.41, 5.74) is 1.66. The number of pyridine rings is 1. The van der Waals surface area contributed by atoms with E-state index in [9.17, 15) is 14.7 Å². The Morgan fingerprint density at radius 1 is 1.10 bits per heavy atom. The summed E-state index contributed by atoms with van der Waals surface area (Å²) in [6.45, 7) is 2.68. The molecular formula is C22H21N3O3S. The number of benzene rings is 2. The number of phenols is 1. The molecule has 7 heteroatoms. The van der Waals surface area contributed by atoms with E-state index in [1.165, 1.54) is 16.2 Å². The molecule has 0 radical (unpaired) electrons. The topological polar surface area (TPSA) is 84.2 Å². The second kappa shape index (κ2) is 9.27. The minimum atomic E-state index is -0.274. The van der Waals surface area contributed by atoms with Gasteiger partial charge in [-0.15, -0.1) is 0 Å². The maximum absolute atomic E-state index is 12.4. The summed E-state index contributed by atoms with van der Waals surface area (Å²) in [5, 5.41) is 14.2. The van der Waals surface area contributed by atoms with Crippen molar-refractivity contribution in [3.8, 4) is 10.9 Å². The van der Waals surface area contributed by atoms with Gasteiger partial charge in [0, 0.05) is 18.1 Å². The molecule has 0 aliphatic heterocycles. The normalized spacial score (nSPS) is 10.4. The molecule has 148 valence electrons. The standard InChI is InChI=1S/C14H10N2O3S.C8H11N/c1-8-12(7-17)20-14(15-8)16-6-5-9-10(13(16)19)3-2-4-11(9)18;1-9-7-8-5-3-2-4-6-8/h2-7,18H,1H3;2-6,9H,7H2,1H3. The van der Waals surface area contributed by atoms with E-state index in [0.29, 0.717) is 26.5 Å². The van der Waals surface area contributed by atoms with Crippen LogP contribution >= 0.6 is 11.3 Å². The van der Waals surface area contributed by atoms with Crippen molar-refractivity contribution in [2.45, 2.75) is 13.5 Å². The number of nitrogens with one attached hydrogen (secondary N) is 1. The predicted octanol–water partition coefficient (Wildman–Crippen LogP) is 3.68. The molecule has 2 aromatic heterocycles. The summed E-state index contributed by atoms with van der Waals surface area (Å²) in [6.07, 6.45) is 2.28. The van der Waals surface area contributed by atoms with Gasteiger partial charge in [0.05, 0.1) is 16.0 Å². The average molecular weight is 407 g/mol. The molecule has 0 unspecified atom stereocenters. The van der Waals surface area contributed by atoms with Gasteiger partial charge in [-0.1, -0.05) is 47.7 Å². The number of rotatable bonds is 4. The van der Waals surface area contributed by atoms with Crippen LogP contribution in [0.3, 0.4) is 0 Å². The lowest BCUT2D eigenvalue weighted by atomic mass is 10.1. The maximum atomic E-state index is 12.4. The highest BCUT2D eigenvalue weighted by Gasteiger charge is 2.12. The van der Waals surface area contributed by atoms with E-state index < -0.39 is 0 Å². The van der Waals surface area contributed by atoms with Crippen molar-refractivity contribution in [3.05, 3.63) is 87.3 Å². The molecule has 0 fully saturated rings. The first kappa shape index (κ1) is 20.4. The number of aldehydes is 1. The Kier molecular flexibility index (Phi) is 6.54. The van der Waals surface area contributed by atoms with Gasteiger partial charge in [-0.3, -0.25) is 14.2 Å². The van der Waals surface area contributed by atoms with E-state index in [0.717, 1.165) is 24.2 Å². The van der Waals surface area contributed by atoms with Crippen LogP contribution in [0.1, 0.15) is 20.9 Å². The number of phenolic OH excluding ortho intramolecular Hbond substituents is 1. The number of aryl methyl sites for hydroxylation is 1. The van der Waals surface area contributed by atoms with Crippen molar-refractivity contribution in [2.75, 3.05) is 7.05 Å². The van der Waals surface area contributed by atoms with Crippen LogP contribution in [0, 0.1) is 6.92 Å². The Morgan fingerprint density at radius 3 is 2.52 bits per heavy atom. The van der Waals surface area contributed by atoms with Gasteiger partial charge in [0.2, 0.25) is 0 Å². The molecule has 0 atom stereocenters. The van der Waals surface area contributed by atoms with Crippen LogP contribution in [0.15, 0.2) is 65.6 Å². The quantitative estimate of drug-likeness (QED) is 0.504. The highest BCUT2D eigenvalue weighted by atomic mass is 32.1. The van der Waals surface area contributed by atoms with Crippen LogP contribution in [0.25, 0.3) is 15.9 Å². The van der Waals surface area contributed by atoms with Crippen LogP contribution in [0.2, 0.25) is 0 Å². The Hall–Kier alpha value is -3.29. The van der Waals surface area contributed by atoms with E-state index in [1.54, 1.807) is 31.3 Å². The highest BCUT2D eigenvalue weighted by molar-refractivity contribution is 7.15. The van der Waals surface area contributed by atoms with Crippen LogP contribution in [0.5, 0.6) is 5.75 Å². The lowest BCUT2D eigenvalue weighted by molar-refractivity contribution is 0.112. The summed E-state index contributed by atoms with van der Waals surface area (Å²) in [7, 11) is 1.95. The Labute approximate surface area is 172 Å². The number of thiazole rings is 1. The molecule has 6 nitrogen and oxygen atoms in total. The molecule has 29 heavy (non-hydrogen) atoms. The van der Waals surface area contributed by atoms with Gasteiger partial charge in [0.1, 0.15) is 5.75 Å². The molecule has 0 aliphatic rings. The Balaban J connectivity index is 0.000000224. The first-order valence-electron chi connectivity index (χ1n) is 9.00. The SMILES string of the molecule is CNCc1ccccc1.Cc1nc(-n2ccc3c(O)cccc3c2=O)sc1C=O. The number of fused-ring (bicyclic) bond motifs is 1. The van der Waals surface area contributed by atoms with Gasteiger partial charge < -0.3 is 10.4 Å². The Morgan fingerprint density at radius 2 is 1.86 bits per heavy atom. The van der Waals surface area contributed by atoms with Gasteiger partial charge in [-0.2, -0.15) is 0 Å². The molecule has 0 spiro atoms. The third-order valence-corrected chi connectivity index (χ3v) is 5.36. The fourth-order valence-corrected chi connectivity index (χ4v) is 3.68. The number of carbonyl (C=O) groups is 1. The molecule has 0 saturated carbocycles. The predicted molar refractivity (Wildman–Crippen MR) is 116 cm³/mol.